The summed E-state index contributed by atoms with van der Waals surface area (Å²) in [6.07, 6.45) is 3.56. The van der Waals surface area contributed by atoms with Crippen molar-refractivity contribution in [3.63, 3.8) is 0 Å². The van der Waals surface area contributed by atoms with Crippen LogP contribution in [0, 0.1) is 0 Å². The Labute approximate surface area is 87.3 Å². The molecule has 0 heterocycles. The van der Waals surface area contributed by atoms with E-state index in [1.54, 1.807) is 0 Å². The largest absolute Gasteiger partial charge is 0.471 e. The lowest BCUT2D eigenvalue weighted by molar-refractivity contribution is 0.242. The van der Waals surface area contributed by atoms with Crippen molar-refractivity contribution in [2.24, 2.45) is 0 Å². The van der Waals surface area contributed by atoms with Crippen LogP contribution in [0.4, 0.5) is 0 Å². The standard InChI is InChI=1S/C10H21NOS/c1-4-7-8-9-12-10(13)11(5-2)6-3/h4-9H2,1-3H3. The molecule has 0 aliphatic rings. The maximum Gasteiger partial charge on any atom is 0.259 e. The molecule has 0 fully saturated rings. The van der Waals surface area contributed by atoms with Crippen LogP contribution in [0.25, 0.3) is 0 Å². The maximum atomic E-state index is 5.45. The van der Waals surface area contributed by atoms with E-state index in [9.17, 15) is 0 Å². The van der Waals surface area contributed by atoms with Crippen LogP contribution in [-0.4, -0.2) is 29.8 Å². The molecular formula is C10H21NOS. The first kappa shape index (κ1) is 12.7. The van der Waals surface area contributed by atoms with E-state index in [4.69, 9.17) is 17.0 Å². The van der Waals surface area contributed by atoms with Gasteiger partial charge in [-0.05, 0) is 32.5 Å². The highest BCUT2D eigenvalue weighted by atomic mass is 32.1. The topological polar surface area (TPSA) is 12.5 Å². The van der Waals surface area contributed by atoms with E-state index < -0.39 is 0 Å². The summed E-state index contributed by atoms with van der Waals surface area (Å²) >= 11 is 5.13. The van der Waals surface area contributed by atoms with Crippen LogP contribution >= 0.6 is 12.2 Å². The van der Waals surface area contributed by atoms with E-state index in [0.717, 1.165) is 26.1 Å². The van der Waals surface area contributed by atoms with E-state index in [2.05, 4.69) is 25.7 Å². The number of hydrogen-bond acceptors (Lipinski definition) is 2. The van der Waals surface area contributed by atoms with Crippen molar-refractivity contribution in [1.29, 1.82) is 0 Å². The number of hydrogen-bond donors (Lipinski definition) is 0. The van der Waals surface area contributed by atoms with Gasteiger partial charge in [-0.3, -0.25) is 0 Å². The lowest BCUT2D eigenvalue weighted by Gasteiger charge is -2.21. The van der Waals surface area contributed by atoms with Crippen molar-refractivity contribution < 1.29 is 4.74 Å². The zero-order chi connectivity index (χ0) is 10.1. The number of ether oxygens (including phenoxy) is 1. The zero-order valence-corrected chi connectivity index (χ0v) is 9.82. The second-order valence-corrected chi connectivity index (χ2v) is 3.34. The van der Waals surface area contributed by atoms with Gasteiger partial charge in [0.1, 0.15) is 0 Å². The summed E-state index contributed by atoms with van der Waals surface area (Å²) in [5, 5.41) is 0.654. The third-order valence-electron chi connectivity index (χ3n) is 2.00. The number of nitrogens with zero attached hydrogens (tertiary/aromatic N) is 1. The summed E-state index contributed by atoms with van der Waals surface area (Å²) < 4.78 is 5.45. The molecule has 0 aromatic carbocycles. The van der Waals surface area contributed by atoms with E-state index in [0.29, 0.717) is 5.17 Å². The van der Waals surface area contributed by atoms with Crippen molar-refractivity contribution in [2.45, 2.75) is 40.0 Å². The van der Waals surface area contributed by atoms with E-state index in [1.165, 1.54) is 12.8 Å². The molecule has 0 saturated carbocycles. The lowest BCUT2D eigenvalue weighted by Crippen LogP contribution is -2.31. The van der Waals surface area contributed by atoms with Crippen molar-refractivity contribution in [3.8, 4) is 0 Å². The molecule has 0 aliphatic heterocycles. The normalized spacial score (nSPS) is 9.77. The SMILES string of the molecule is CCCCCOC(=S)N(CC)CC. The average molecular weight is 203 g/mol. The Morgan fingerprint density at radius 3 is 2.23 bits per heavy atom. The minimum atomic E-state index is 0.654. The molecule has 13 heavy (non-hydrogen) atoms. The van der Waals surface area contributed by atoms with E-state index >= 15 is 0 Å². The van der Waals surface area contributed by atoms with Crippen LogP contribution in [0.3, 0.4) is 0 Å². The monoisotopic (exact) mass is 203 g/mol. The second kappa shape index (κ2) is 8.30. The van der Waals surface area contributed by atoms with Gasteiger partial charge in [0, 0.05) is 13.1 Å². The van der Waals surface area contributed by atoms with Crippen molar-refractivity contribution >= 4 is 17.4 Å². The van der Waals surface area contributed by atoms with Gasteiger partial charge in [-0.25, -0.2) is 0 Å². The Morgan fingerprint density at radius 2 is 1.77 bits per heavy atom. The van der Waals surface area contributed by atoms with Crippen LogP contribution < -0.4 is 0 Å². The first-order valence-corrected chi connectivity index (χ1v) is 5.58. The molecule has 0 bridgehead atoms. The Bertz CT molecular complexity index is 135. The molecule has 3 heteroatoms. The minimum Gasteiger partial charge on any atom is -0.471 e. The first-order chi connectivity index (χ1) is 6.26. The van der Waals surface area contributed by atoms with Gasteiger partial charge in [-0.1, -0.05) is 19.8 Å². The minimum absolute atomic E-state index is 0.654. The van der Waals surface area contributed by atoms with Crippen LogP contribution in [0.5, 0.6) is 0 Å². The molecule has 0 atom stereocenters. The highest BCUT2D eigenvalue weighted by Crippen LogP contribution is 1.98. The second-order valence-electron chi connectivity index (χ2n) is 2.99. The third kappa shape index (κ3) is 5.86. The van der Waals surface area contributed by atoms with E-state index in [-0.39, 0.29) is 0 Å². The van der Waals surface area contributed by atoms with Crippen molar-refractivity contribution in [3.05, 3.63) is 0 Å². The van der Waals surface area contributed by atoms with Gasteiger partial charge in [-0.15, -0.1) is 0 Å². The molecule has 0 aromatic heterocycles. The first-order valence-electron chi connectivity index (χ1n) is 5.17. The predicted octanol–water partition coefficient (Wildman–Crippen LogP) is 2.82. The summed E-state index contributed by atoms with van der Waals surface area (Å²) in [5.41, 5.74) is 0. The zero-order valence-electron chi connectivity index (χ0n) is 9.01. The van der Waals surface area contributed by atoms with Gasteiger partial charge in [0.15, 0.2) is 0 Å². The van der Waals surface area contributed by atoms with Gasteiger partial charge >= 0.3 is 0 Å². The summed E-state index contributed by atoms with van der Waals surface area (Å²) in [5.74, 6) is 0. The quantitative estimate of drug-likeness (QED) is 0.486. The molecule has 0 spiro atoms. The fourth-order valence-corrected chi connectivity index (χ4v) is 1.43. The summed E-state index contributed by atoms with van der Waals surface area (Å²) in [6.45, 7) is 8.99. The van der Waals surface area contributed by atoms with Gasteiger partial charge < -0.3 is 9.64 Å². The molecule has 0 radical (unpaired) electrons. The molecule has 0 unspecified atom stereocenters. The molecule has 0 aliphatic carbocycles. The molecule has 2 nitrogen and oxygen atoms in total. The summed E-state index contributed by atoms with van der Waals surface area (Å²) in [7, 11) is 0. The van der Waals surface area contributed by atoms with Gasteiger partial charge in [0.05, 0.1) is 6.61 Å². The molecule has 0 rings (SSSR count). The smallest absolute Gasteiger partial charge is 0.259 e. The molecular weight excluding hydrogens is 182 g/mol. The Balaban J connectivity index is 3.48. The molecule has 0 saturated heterocycles. The lowest BCUT2D eigenvalue weighted by atomic mass is 10.3. The Hall–Kier alpha value is -0.310. The van der Waals surface area contributed by atoms with Crippen LogP contribution in [0.1, 0.15) is 40.0 Å². The summed E-state index contributed by atoms with van der Waals surface area (Å²) in [4.78, 5) is 2.06. The Kier molecular flexibility index (Phi) is 8.10. The molecule has 0 N–H and O–H groups in total. The van der Waals surface area contributed by atoms with Crippen molar-refractivity contribution in [1.82, 2.24) is 4.90 Å². The summed E-state index contributed by atoms with van der Waals surface area (Å²) in [6, 6.07) is 0. The number of unbranched alkanes of at least 4 members (excludes halogenated alkanes) is 2. The third-order valence-corrected chi connectivity index (χ3v) is 2.37. The van der Waals surface area contributed by atoms with Gasteiger partial charge in [0.25, 0.3) is 5.17 Å². The van der Waals surface area contributed by atoms with Gasteiger partial charge in [-0.2, -0.15) is 0 Å². The fourth-order valence-electron chi connectivity index (χ4n) is 1.08. The average Bonchev–Trinajstić information content (AvgIpc) is 2.14. The highest BCUT2D eigenvalue weighted by molar-refractivity contribution is 7.80. The number of rotatable bonds is 6. The molecule has 78 valence electrons. The van der Waals surface area contributed by atoms with Crippen LogP contribution in [0.15, 0.2) is 0 Å². The van der Waals surface area contributed by atoms with E-state index in [1.807, 2.05) is 0 Å². The van der Waals surface area contributed by atoms with Gasteiger partial charge in [0.2, 0.25) is 0 Å². The van der Waals surface area contributed by atoms with Crippen LogP contribution in [-0.2, 0) is 4.74 Å². The molecule has 0 amide bonds. The Morgan fingerprint density at radius 1 is 1.15 bits per heavy atom. The maximum absolute atomic E-state index is 5.45. The highest BCUT2D eigenvalue weighted by Gasteiger charge is 2.04. The molecule has 0 aromatic rings. The van der Waals surface area contributed by atoms with Crippen LogP contribution in [0.2, 0.25) is 0 Å². The predicted molar refractivity (Wildman–Crippen MR) is 61.0 cm³/mol. The fraction of sp³-hybridized carbons (Fsp3) is 0.900. The van der Waals surface area contributed by atoms with Crippen molar-refractivity contribution in [2.75, 3.05) is 19.7 Å². The number of thiocarbonyl (C=S) groups is 1.